The molecule has 2 aliphatic heterocycles. The van der Waals surface area contributed by atoms with Gasteiger partial charge < -0.3 is 9.53 Å². The number of aldehydes is 1. The molecule has 1 saturated carbocycles. The molecule has 1 aliphatic carbocycles. The zero-order chi connectivity index (χ0) is 24.8. The SMILES string of the molecule is O=CC1CN(C2CCC2)CC2(CCN(S(=O)(=O)c3ccc(-c4ccc5cccnc5c4)cc3)CC2)O1. The van der Waals surface area contributed by atoms with Crippen molar-refractivity contribution in [3.63, 3.8) is 0 Å². The smallest absolute Gasteiger partial charge is 0.243 e. The number of carbonyl (C=O) groups excluding carboxylic acids is 1. The van der Waals surface area contributed by atoms with Crippen molar-refractivity contribution in [2.45, 2.75) is 54.7 Å². The summed E-state index contributed by atoms with van der Waals surface area (Å²) in [7, 11) is -3.61. The van der Waals surface area contributed by atoms with Crippen molar-refractivity contribution in [2.75, 3.05) is 26.2 Å². The number of carbonyl (C=O) groups is 1. The van der Waals surface area contributed by atoms with E-state index in [2.05, 4.69) is 9.88 Å². The first-order valence-electron chi connectivity index (χ1n) is 12.8. The van der Waals surface area contributed by atoms with Gasteiger partial charge in [0.25, 0.3) is 0 Å². The quantitative estimate of drug-likeness (QED) is 0.490. The van der Waals surface area contributed by atoms with Crippen LogP contribution in [0.5, 0.6) is 0 Å². The highest BCUT2D eigenvalue weighted by Crippen LogP contribution is 2.37. The minimum atomic E-state index is -3.61. The van der Waals surface area contributed by atoms with Gasteiger partial charge in [-0.15, -0.1) is 0 Å². The van der Waals surface area contributed by atoms with Crippen LogP contribution in [0.4, 0.5) is 0 Å². The summed E-state index contributed by atoms with van der Waals surface area (Å²) in [6, 6.07) is 17.6. The molecule has 1 spiro atoms. The zero-order valence-corrected chi connectivity index (χ0v) is 21.1. The molecule has 3 aliphatic rings. The van der Waals surface area contributed by atoms with E-state index >= 15 is 0 Å². The molecule has 1 atom stereocenters. The summed E-state index contributed by atoms with van der Waals surface area (Å²) in [4.78, 5) is 18.7. The van der Waals surface area contributed by atoms with E-state index in [0.717, 1.165) is 34.9 Å². The Labute approximate surface area is 212 Å². The molecule has 2 saturated heterocycles. The van der Waals surface area contributed by atoms with Gasteiger partial charge in [0.1, 0.15) is 12.4 Å². The Morgan fingerprint density at radius 2 is 1.75 bits per heavy atom. The van der Waals surface area contributed by atoms with Crippen LogP contribution in [0, 0.1) is 0 Å². The monoisotopic (exact) mass is 505 g/mol. The van der Waals surface area contributed by atoms with E-state index in [-0.39, 0.29) is 0 Å². The maximum Gasteiger partial charge on any atom is 0.243 e. The van der Waals surface area contributed by atoms with E-state index in [1.54, 1.807) is 22.6 Å². The topological polar surface area (TPSA) is 79.8 Å². The Balaban J connectivity index is 1.16. The van der Waals surface area contributed by atoms with Crippen molar-refractivity contribution in [3.05, 3.63) is 60.8 Å². The Kier molecular flexibility index (Phi) is 6.16. The first kappa shape index (κ1) is 23.7. The average Bonchev–Trinajstić information content (AvgIpc) is 2.87. The minimum absolute atomic E-state index is 0.299. The molecule has 8 heteroatoms. The second kappa shape index (κ2) is 9.34. The molecule has 2 aromatic carbocycles. The number of hydrogen-bond acceptors (Lipinski definition) is 6. The third-order valence-electron chi connectivity index (χ3n) is 8.11. The third-order valence-corrected chi connectivity index (χ3v) is 10.0. The van der Waals surface area contributed by atoms with E-state index in [9.17, 15) is 13.2 Å². The molecule has 6 rings (SSSR count). The number of piperidine rings is 1. The van der Waals surface area contributed by atoms with Crippen LogP contribution in [0.3, 0.4) is 0 Å². The molecule has 0 radical (unpaired) electrons. The van der Waals surface area contributed by atoms with Gasteiger partial charge in [0, 0.05) is 43.8 Å². The van der Waals surface area contributed by atoms with Crippen LogP contribution >= 0.6 is 0 Å². The van der Waals surface area contributed by atoms with Crippen LogP contribution in [-0.2, 0) is 19.6 Å². The number of morpholine rings is 1. The molecule has 0 N–H and O–H groups in total. The fraction of sp³-hybridized carbons (Fsp3) is 0.429. The van der Waals surface area contributed by atoms with Crippen molar-refractivity contribution in [2.24, 2.45) is 0 Å². The fourth-order valence-electron chi connectivity index (χ4n) is 5.79. The molecule has 0 amide bonds. The predicted octanol–water partition coefficient (Wildman–Crippen LogP) is 3.88. The van der Waals surface area contributed by atoms with Gasteiger partial charge in [0.05, 0.1) is 16.0 Å². The first-order valence-corrected chi connectivity index (χ1v) is 14.2. The maximum absolute atomic E-state index is 13.4. The average molecular weight is 506 g/mol. The van der Waals surface area contributed by atoms with Crippen LogP contribution < -0.4 is 0 Å². The van der Waals surface area contributed by atoms with E-state index in [0.29, 0.717) is 43.4 Å². The van der Waals surface area contributed by atoms with Crippen molar-refractivity contribution in [3.8, 4) is 11.1 Å². The zero-order valence-electron chi connectivity index (χ0n) is 20.3. The van der Waals surface area contributed by atoms with Crippen molar-refractivity contribution >= 4 is 27.2 Å². The number of rotatable bonds is 5. The molecule has 3 fully saturated rings. The van der Waals surface area contributed by atoms with Gasteiger partial charge in [-0.05, 0) is 61.1 Å². The van der Waals surface area contributed by atoms with Crippen molar-refractivity contribution in [1.29, 1.82) is 0 Å². The number of fused-ring (bicyclic) bond motifs is 1. The van der Waals surface area contributed by atoms with Gasteiger partial charge in [-0.25, -0.2) is 8.42 Å². The molecule has 7 nitrogen and oxygen atoms in total. The lowest BCUT2D eigenvalue weighted by Gasteiger charge is -2.52. The molecular formula is C28H31N3O4S. The number of ether oxygens (including phenoxy) is 1. The lowest BCUT2D eigenvalue weighted by molar-refractivity contribution is -0.181. The molecule has 3 heterocycles. The van der Waals surface area contributed by atoms with Crippen LogP contribution in [0.1, 0.15) is 32.1 Å². The summed E-state index contributed by atoms with van der Waals surface area (Å²) in [6.07, 6.45) is 7.03. The molecule has 1 unspecified atom stereocenters. The van der Waals surface area contributed by atoms with E-state index in [4.69, 9.17) is 4.74 Å². The lowest BCUT2D eigenvalue weighted by atomic mass is 9.85. The number of hydrogen-bond donors (Lipinski definition) is 0. The van der Waals surface area contributed by atoms with Gasteiger partial charge in [0.2, 0.25) is 10.0 Å². The molecule has 0 bridgehead atoms. The fourth-order valence-corrected chi connectivity index (χ4v) is 7.23. The van der Waals surface area contributed by atoms with Crippen LogP contribution in [-0.4, -0.2) is 72.8 Å². The first-order chi connectivity index (χ1) is 17.5. The number of aromatic nitrogens is 1. The van der Waals surface area contributed by atoms with Gasteiger partial charge in [-0.3, -0.25) is 9.88 Å². The highest BCUT2D eigenvalue weighted by Gasteiger charge is 2.46. The van der Waals surface area contributed by atoms with E-state index < -0.39 is 21.7 Å². The molecule has 3 aromatic rings. The Morgan fingerprint density at radius 3 is 2.44 bits per heavy atom. The van der Waals surface area contributed by atoms with E-state index in [1.807, 2.05) is 42.5 Å². The summed E-state index contributed by atoms with van der Waals surface area (Å²) in [6.45, 7) is 2.22. The maximum atomic E-state index is 13.4. The summed E-state index contributed by atoms with van der Waals surface area (Å²) in [5, 5.41) is 1.07. The lowest BCUT2D eigenvalue weighted by Crippen LogP contribution is -2.62. The van der Waals surface area contributed by atoms with Gasteiger partial charge in [0.15, 0.2) is 0 Å². The molecule has 36 heavy (non-hydrogen) atoms. The molecular weight excluding hydrogens is 474 g/mol. The van der Waals surface area contributed by atoms with Crippen LogP contribution in [0.2, 0.25) is 0 Å². The Morgan fingerprint density at radius 1 is 1.00 bits per heavy atom. The molecule has 188 valence electrons. The Bertz CT molecular complexity index is 1360. The van der Waals surface area contributed by atoms with Gasteiger partial charge >= 0.3 is 0 Å². The summed E-state index contributed by atoms with van der Waals surface area (Å²) < 4.78 is 34.7. The predicted molar refractivity (Wildman–Crippen MR) is 138 cm³/mol. The standard InChI is InChI=1S/C28H31N3O4S/c32-19-25-18-30(24-4-1-5-24)20-28(35-25)12-15-31(16-13-28)36(33,34)26-10-8-21(9-11-26)23-7-6-22-3-2-14-29-27(22)17-23/h2-3,6-11,14,17,19,24-25H,1,4-5,12-13,15-16,18,20H2. The largest absolute Gasteiger partial charge is 0.362 e. The van der Waals surface area contributed by atoms with E-state index in [1.165, 1.54) is 19.3 Å². The molecule has 1 aromatic heterocycles. The second-order valence-corrected chi connectivity index (χ2v) is 12.3. The number of benzene rings is 2. The highest BCUT2D eigenvalue weighted by atomic mass is 32.2. The number of pyridine rings is 1. The number of sulfonamides is 1. The van der Waals surface area contributed by atoms with Crippen LogP contribution in [0.25, 0.3) is 22.0 Å². The summed E-state index contributed by atoms with van der Waals surface area (Å²) >= 11 is 0. The minimum Gasteiger partial charge on any atom is -0.362 e. The van der Waals surface area contributed by atoms with Gasteiger partial charge in [-0.2, -0.15) is 4.31 Å². The summed E-state index contributed by atoms with van der Waals surface area (Å²) in [5.41, 5.74) is 2.41. The third kappa shape index (κ3) is 4.36. The van der Waals surface area contributed by atoms with Crippen LogP contribution in [0.15, 0.2) is 65.7 Å². The summed E-state index contributed by atoms with van der Waals surface area (Å²) in [5.74, 6) is 0. The number of nitrogens with zero attached hydrogens (tertiary/aromatic N) is 3. The Hall–Kier alpha value is -2.65. The van der Waals surface area contributed by atoms with Crippen molar-refractivity contribution < 1.29 is 17.9 Å². The normalized spacial score (nSPS) is 23.5. The second-order valence-electron chi connectivity index (χ2n) is 10.3. The van der Waals surface area contributed by atoms with Crippen molar-refractivity contribution in [1.82, 2.24) is 14.2 Å². The highest BCUT2D eigenvalue weighted by molar-refractivity contribution is 7.89. The van der Waals surface area contributed by atoms with Gasteiger partial charge in [-0.1, -0.05) is 36.8 Å².